The molecule has 6 rings (SSSR count). The minimum absolute atomic E-state index is 0.0564. The topological polar surface area (TPSA) is 106 Å². The number of anilines is 3. The molecule has 2 amide bonds. The van der Waals surface area contributed by atoms with Crippen LogP contribution in [0.2, 0.25) is 0 Å². The summed E-state index contributed by atoms with van der Waals surface area (Å²) >= 11 is 0. The highest BCUT2D eigenvalue weighted by Gasteiger charge is 2.41. The number of nitrogens with one attached hydrogen (secondary N) is 1. The van der Waals surface area contributed by atoms with Crippen molar-refractivity contribution < 1.29 is 27.4 Å². The van der Waals surface area contributed by atoms with Crippen molar-refractivity contribution in [2.24, 2.45) is 0 Å². The van der Waals surface area contributed by atoms with Gasteiger partial charge in [-0.15, -0.1) is 0 Å². The SMILES string of the molecule is O=C(Nc1ccnc(OC2CCOCC2)n1)N1c2nc(-c3cccc(C(F)(F)F)c3)ncc2N2CCC1C2. The maximum absolute atomic E-state index is 13.5. The number of fused-ring (bicyclic) bond motifs is 4. The third-order valence-electron chi connectivity index (χ3n) is 6.82. The van der Waals surface area contributed by atoms with Gasteiger partial charge in [-0.2, -0.15) is 18.2 Å². The summed E-state index contributed by atoms with van der Waals surface area (Å²) in [6.45, 7) is 2.54. The molecule has 0 saturated carbocycles. The van der Waals surface area contributed by atoms with E-state index in [-0.39, 0.29) is 35.4 Å². The van der Waals surface area contributed by atoms with Crippen LogP contribution in [0.15, 0.2) is 42.7 Å². The summed E-state index contributed by atoms with van der Waals surface area (Å²) in [6.07, 6.45) is 0.694. The van der Waals surface area contributed by atoms with Gasteiger partial charge in [-0.1, -0.05) is 12.1 Å². The van der Waals surface area contributed by atoms with Crippen molar-refractivity contribution in [2.75, 3.05) is 41.4 Å². The lowest BCUT2D eigenvalue weighted by atomic mass is 10.1. The molecule has 1 atom stereocenters. The third-order valence-corrected chi connectivity index (χ3v) is 6.82. The second-order valence-corrected chi connectivity index (χ2v) is 9.32. The van der Waals surface area contributed by atoms with Gasteiger partial charge < -0.3 is 14.4 Å². The Balaban J connectivity index is 1.27. The van der Waals surface area contributed by atoms with Gasteiger partial charge >= 0.3 is 18.2 Å². The molecule has 2 bridgehead atoms. The first-order valence-electron chi connectivity index (χ1n) is 12.3. The summed E-state index contributed by atoms with van der Waals surface area (Å²) in [5, 5.41) is 2.80. The number of urea groups is 1. The predicted octanol–water partition coefficient (Wildman–Crippen LogP) is 4.14. The molecule has 0 aliphatic carbocycles. The van der Waals surface area contributed by atoms with E-state index in [4.69, 9.17) is 9.47 Å². The molecule has 3 aliphatic heterocycles. The Morgan fingerprint density at radius 3 is 2.76 bits per heavy atom. The summed E-state index contributed by atoms with van der Waals surface area (Å²) < 4.78 is 51.0. The average molecular weight is 528 g/mol. The number of benzene rings is 1. The van der Waals surface area contributed by atoms with Crippen LogP contribution in [-0.4, -0.2) is 64.4 Å². The predicted molar refractivity (Wildman–Crippen MR) is 131 cm³/mol. The largest absolute Gasteiger partial charge is 0.460 e. The van der Waals surface area contributed by atoms with Crippen molar-refractivity contribution >= 4 is 23.4 Å². The zero-order valence-corrected chi connectivity index (χ0v) is 20.2. The van der Waals surface area contributed by atoms with Gasteiger partial charge in [-0.05, 0) is 24.6 Å². The van der Waals surface area contributed by atoms with Crippen LogP contribution in [0.4, 0.5) is 35.3 Å². The van der Waals surface area contributed by atoms with Gasteiger partial charge in [0.15, 0.2) is 11.6 Å². The Labute approximate surface area is 215 Å². The summed E-state index contributed by atoms with van der Waals surface area (Å²) in [5.41, 5.74) is 0.0646. The fourth-order valence-electron chi connectivity index (χ4n) is 4.93. The van der Waals surface area contributed by atoms with E-state index in [1.165, 1.54) is 18.3 Å². The van der Waals surface area contributed by atoms with Crippen LogP contribution in [0.25, 0.3) is 11.4 Å². The Bertz CT molecular complexity index is 1350. The van der Waals surface area contributed by atoms with E-state index in [0.29, 0.717) is 44.2 Å². The Hall–Kier alpha value is -4.00. The molecule has 1 unspecified atom stereocenters. The molecule has 0 radical (unpaired) electrons. The van der Waals surface area contributed by atoms with E-state index in [9.17, 15) is 18.0 Å². The van der Waals surface area contributed by atoms with E-state index >= 15 is 0 Å². The number of rotatable bonds is 4. The second kappa shape index (κ2) is 9.71. The van der Waals surface area contributed by atoms with Crippen LogP contribution in [-0.2, 0) is 10.9 Å². The van der Waals surface area contributed by atoms with E-state index < -0.39 is 17.8 Å². The molecule has 0 spiro atoms. The molecule has 1 N–H and O–H groups in total. The van der Waals surface area contributed by atoms with Crippen molar-refractivity contribution in [1.82, 2.24) is 19.9 Å². The van der Waals surface area contributed by atoms with Crippen LogP contribution < -0.4 is 19.9 Å². The number of aromatic nitrogens is 4. The van der Waals surface area contributed by atoms with Crippen LogP contribution in [0, 0.1) is 0 Å². The van der Waals surface area contributed by atoms with Gasteiger partial charge in [0, 0.05) is 37.7 Å². The van der Waals surface area contributed by atoms with Crippen LogP contribution in [0.5, 0.6) is 6.01 Å². The van der Waals surface area contributed by atoms with E-state index in [2.05, 4.69) is 30.2 Å². The number of nitrogens with zero attached hydrogens (tertiary/aromatic N) is 6. The monoisotopic (exact) mass is 527 g/mol. The van der Waals surface area contributed by atoms with Gasteiger partial charge in [0.2, 0.25) is 0 Å². The summed E-state index contributed by atoms with van der Waals surface area (Å²) in [7, 11) is 0. The number of alkyl halides is 3. The van der Waals surface area contributed by atoms with Crippen LogP contribution >= 0.6 is 0 Å². The molecule has 2 fully saturated rings. The summed E-state index contributed by atoms with van der Waals surface area (Å²) in [6, 6.07) is 5.94. The first-order valence-corrected chi connectivity index (χ1v) is 12.3. The molecule has 3 aliphatic rings. The van der Waals surface area contributed by atoms with Gasteiger partial charge in [-0.25, -0.2) is 19.7 Å². The number of ether oxygens (including phenoxy) is 2. The van der Waals surface area contributed by atoms with E-state index in [0.717, 1.165) is 25.0 Å². The van der Waals surface area contributed by atoms with Crippen molar-refractivity contribution in [2.45, 2.75) is 37.6 Å². The number of hydrogen-bond acceptors (Lipinski definition) is 8. The first-order chi connectivity index (χ1) is 18.3. The minimum Gasteiger partial charge on any atom is -0.460 e. The number of amides is 2. The average Bonchev–Trinajstić information content (AvgIpc) is 3.33. The molecule has 198 valence electrons. The van der Waals surface area contributed by atoms with Crippen molar-refractivity contribution in [3.63, 3.8) is 0 Å². The fourth-order valence-corrected chi connectivity index (χ4v) is 4.93. The molecule has 38 heavy (non-hydrogen) atoms. The summed E-state index contributed by atoms with van der Waals surface area (Å²) in [5.74, 6) is 0.705. The molecule has 1 aromatic carbocycles. The summed E-state index contributed by atoms with van der Waals surface area (Å²) in [4.78, 5) is 34.5. The van der Waals surface area contributed by atoms with Crippen LogP contribution in [0.3, 0.4) is 0 Å². The zero-order valence-electron chi connectivity index (χ0n) is 20.2. The van der Waals surface area contributed by atoms with Gasteiger partial charge in [0.25, 0.3) is 0 Å². The molecule has 10 nitrogen and oxygen atoms in total. The lowest BCUT2D eigenvalue weighted by Gasteiger charge is -2.35. The highest BCUT2D eigenvalue weighted by Crippen LogP contribution is 2.40. The number of hydrogen-bond donors (Lipinski definition) is 1. The lowest BCUT2D eigenvalue weighted by Crippen LogP contribution is -2.48. The Morgan fingerprint density at radius 1 is 1.11 bits per heavy atom. The van der Waals surface area contributed by atoms with Crippen molar-refractivity contribution in [3.05, 3.63) is 48.3 Å². The van der Waals surface area contributed by atoms with E-state index in [1.807, 2.05) is 0 Å². The highest BCUT2D eigenvalue weighted by molar-refractivity contribution is 6.04. The Morgan fingerprint density at radius 2 is 1.95 bits per heavy atom. The van der Waals surface area contributed by atoms with Gasteiger partial charge in [-0.3, -0.25) is 10.2 Å². The maximum atomic E-state index is 13.5. The molecule has 13 heteroatoms. The number of halogens is 3. The minimum atomic E-state index is -4.49. The molecular formula is C25H24F3N7O3. The van der Waals surface area contributed by atoms with Crippen LogP contribution in [0.1, 0.15) is 24.8 Å². The highest BCUT2D eigenvalue weighted by atomic mass is 19.4. The fraction of sp³-hybridized carbons (Fsp3) is 0.400. The smallest absolute Gasteiger partial charge is 0.416 e. The molecule has 2 saturated heterocycles. The van der Waals surface area contributed by atoms with Gasteiger partial charge in [0.05, 0.1) is 36.7 Å². The molecular weight excluding hydrogens is 503 g/mol. The maximum Gasteiger partial charge on any atom is 0.416 e. The van der Waals surface area contributed by atoms with Crippen molar-refractivity contribution in [1.29, 1.82) is 0 Å². The van der Waals surface area contributed by atoms with Gasteiger partial charge in [0.1, 0.15) is 11.9 Å². The number of carbonyl (C=O) groups is 1. The normalized spacial score (nSPS) is 19.3. The standard InChI is InChI=1S/C25H24F3N7O3/c26-25(27,28)16-3-1-2-15(12-16)21-30-13-19-22(33-21)35(17-5-9-34(19)14-17)24(36)32-20-4-8-29-23(31-20)38-18-6-10-37-11-7-18/h1-4,8,12-13,17-18H,5-7,9-11,14H2,(H,29,31,32,36). The number of carbonyl (C=O) groups excluding carboxylic acids is 1. The second-order valence-electron chi connectivity index (χ2n) is 9.32. The van der Waals surface area contributed by atoms with E-state index in [1.54, 1.807) is 17.2 Å². The quantitative estimate of drug-likeness (QED) is 0.540. The van der Waals surface area contributed by atoms with Crippen molar-refractivity contribution in [3.8, 4) is 17.4 Å². The lowest BCUT2D eigenvalue weighted by molar-refractivity contribution is -0.137. The molecule has 2 aromatic heterocycles. The molecule has 5 heterocycles. The first kappa shape index (κ1) is 24.3. The molecule has 3 aromatic rings. The zero-order chi connectivity index (χ0) is 26.3. The third kappa shape index (κ3) is 4.80. The Kier molecular flexibility index (Phi) is 6.22.